The molecule has 2 atom stereocenters. The van der Waals surface area contributed by atoms with Crippen molar-refractivity contribution in [3.05, 3.63) is 60.2 Å². The van der Waals surface area contributed by atoms with Crippen molar-refractivity contribution in [2.75, 3.05) is 31.5 Å². The van der Waals surface area contributed by atoms with E-state index in [1.54, 1.807) is 4.90 Å². The normalized spacial score (nSPS) is 17.3. The molecule has 162 valence electrons. The van der Waals surface area contributed by atoms with E-state index in [0.29, 0.717) is 26.2 Å². The number of likely N-dealkylation sites (tertiary alicyclic amines) is 1. The quantitative estimate of drug-likeness (QED) is 0.494. The number of fused-ring (bicyclic) bond motifs is 1. The van der Waals surface area contributed by atoms with E-state index < -0.39 is 6.04 Å². The van der Waals surface area contributed by atoms with Crippen molar-refractivity contribution in [1.29, 1.82) is 0 Å². The lowest BCUT2D eigenvalue weighted by Crippen LogP contribution is -2.48. The van der Waals surface area contributed by atoms with Gasteiger partial charge in [-0.05, 0) is 42.1 Å². The molecule has 2 aromatic carbocycles. The van der Waals surface area contributed by atoms with Crippen molar-refractivity contribution < 1.29 is 9.59 Å². The third-order valence-corrected chi connectivity index (χ3v) is 6.45. The molecule has 1 unspecified atom stereocenters. The second kappa shape index (κ2) is 9.89. The Balaban J connectivity index is 1.25. The van der Waals surface area contributed by atoms with Gasteiger partial charge in [0.1, 0.15) is 11.9 Å². The number of hydrogen-bond donors (Lipinski definition) is 3. The SMILES string of the molecule is N[C@@H](C(=O)N1CCCC(C(=O)NCCNc2nsc3ccccc23)C1)c1ccccc1. The van der Waals surface area contributed by atoms with E-state index in [1.165, 1.54) is 11.5 Å². The fraction of sp³-hybridized carbons (Fsp3) is 0.348. The van der Waals surface area contributed by atoms with E-state index in [0.717, 1.165) is 34.3 Å². The molecule has 0 aliphatic carbocycles. The van der Waals surface area contributed by atoms with Gasteiger partial charge in [0, 0.05) is 31.6 Å². The highest BCUT2D eigenvalue weighted by atomic mass is 32.1. The molecule has 8 heteroatoms. The summed E-state index contributed by atoms with van der Waals surface area (Å²) in [6, 6.07) is 16.7. The first-order valence-corrected chi connectivity index (χ1v) is 11.4. The Hall–Kier alpha value is -2.97. The van der Waals surface area contributed by atoms with E-state index in [9.17, 15) is 9.59 Å². The Morgan fingerprint density at radius 3 is 2.74 bits per heavy atom. The van der Waals surface area contributed by atoms with Gasteiger partial charge in [0.2, 0.25) is 11.8 Å². The zero-order valence-electron chi connectivity index (χ0n) is 17.3. The van der Waals surface area contributed by atoms with Crippen molar-refractivity contribution in [2.24, 2.45) is 11.7 Å². The van der Waals surface area contributed by atoms with Crippen LogP contribution in [0.5, 0.6) is 0 Å². The smallest absolute Gasteiger partial charge is 0.244 e. The largest absolute Gasteiger partial charge is 0.367 e. The molecule has 1 saturated heterocycles. The van der Waals surface area contributed by atoms with E-state index in [2.05, 4.69) is 15.0 Å². The minimum Gasteiger partial charge on any atom is -0.367 e. The molecule has 1 fully saturated rings. The molecule has 0 bridgehead atoms. The van der Waals surface area contributed by atoms with Crippen LogP contribution < -0.4 is 16.4 Å². The van der Waals surface area contributed by atoms with Gasteiger partial charge in [-0.3, -0.25) is 9.59 Å². The summed E-state index contributed by atoms with van der Waals surface area (Å²) in [7, 11) is 0. The molecular weight excluding hydrogens is 410 g/mol. The molecule has 3 aromatic rings. The van der Waals surface area contributed by atoms with E-state index in [-0.39, 0.29) is 17.7 Å². The Kier molecular flexibility index (Phi) is 6.79. The highest BCUT2D eigenvalue weighted by Gasteiger charge is 2.30. The summed E-state index contributed by atoms with van der Waals surface area (Å²) in [6.45, 7) is 2.14. The van der Waals surface area contributed by atoms with Crippen LogP contribution in [0.25, 0.3) is 10.1 Å². The molecule has 0 saturated carbocycles. The monoisotopic (exact) mass is 437 g/mol. The number of carbonyl (C=O) groups excluding carboxylic acids is 2. The van der Waals surface area contributed by atoms with Crippen LogP contribution in [-0.2, 0) is 9.59 Å². The number of piperidine rings is 1. The van der Waals surface area contributed by atoms with Gasteiger partial charge < -0.3 is 21.3 Å². The summed E-state index contributed by atoms with van der Waals surface area (Å²) in [5.41, 5.74) is 6.96. The second-order valence-electron chi connectivity index (χ2n) is 7.76. The molecule has 2 amide bonds. The van der Waals surface area contributed by atoms with Crippen molar-refractivity contribution in [3.63, 3.8) is 0 Å². The molecule has 2 heterocycles. The van der Waals surface area contributed by atoms with E-state index in [1.807, 2.05) is 54.6 Å². The second-order valence-corrected chi connectivity index (χ2v) is 8.56. The van der Waals surface area contributed by atoms with Gasteiger partial charge in [-0.15, -0.1) is 0 Å². The van der Waals surface area contributed by atoms with E-state index in [4.69, 9.17) is 5.73 Å². The fourth-order valence-corrected chi connectivity index (χ4v) is 4.67. The van der Waals surface area contributed by atoms with Crippen LogP contribution in [0.4, 0.5) is 5.82 Å². The van der Waals surface area contributed by atoms with Crippen molar-refractivity contribution >= 4 is 39.3 Å². The molecule has 4 N–H and O–H groups in total. The van der Waals surface area contributed by atoms with Crippen LogP contribution in [0.2, 0.25) is 0 Å². The molecule has 0 spiro atoms. The van der Waals surface area contributed by atoms with Crippen LogP contribution >= 0.6 is 11.5 Å². The van der Waals surface area contributed by atoms with Crippen LogP contribution in [0.1, 0.15) is 24.4 Å². The van der Waals surface area contributed by atoms with Crippen LogP contribution in [0.15, 0.2) is 54.6 Å². The minimum atomic E-state index is -0.694. The van der Waals surface area contributed by atoms with Crippen LogP contribution in [0, 0.1) is 5.92 Å². The Morgan fingerprint density at radius 1 is 1.13 bits per heavy atom. The fourth-order valence-electron chi connectivity index (χ4n) is 3.92. The number of nitrogens with one attached hydrogen (secondary N) is 2. The first kappa shape index (κ1) is 21.3. The van der Waals surface area contributed by atoms with Gasteiger partial charge in [0.05, 0.1) is 10.6 Å². The highest BCUT2D eigenvalue weighted by Crippen LogP contribution is 2.26. The zero-order valence-corrected chi connectivity index (χ0v) is 18.1. The molecule has 0 radical (unpaired) electrons. The van der Waals surface area contributed by atoms with Crippen molar-refractivity contribution in [1.82, 2.24) is 14.6 Å². The number of rotatable bonds is 7. The number of nitrogens with two attached hydrogens (primary N) is 1. The molecular formula is C23H27N5O2S. The Morgan fingerprint density at radius 2 is 1.90 bits per heavy atom. The topological polar surface area (TPSA) is 100 Å². The van der Waals surface area contributed by atoms with E-state index >= 15 is 0 Å². The Labute approximate surface area is 185 Å². The number of anilines is 1. The summed E-state index contributed by atoms with van der Waals surface area (Å²) in [4.78, 5) is 27.2. The number of aromatic nitrogens is 1. The number of amides is 2. The average molecular weight is 438 g/mol. The van der Waals surface area contributed by atoms with Gasteiger partial charge in [-0.2, -0.15) is 4.37 Å². The standard InChI is InChI=1S/C23H27N5O2S/c24-20(16-7-2-1-3-8-16)23(30)28-14-6-9-17(15-28)22(29)26-13-12-25-21-18-10-4-5-11-19(18)31-27-21/h1-5,7-8,10-11,17,20H,6,9,12-15,24H2,(H,25,27)(H,26,29)/t17?,20-/m1/s1. The van der Waals surface area contributed by atoms with Crippen LogP contribution in [-0.4, -0.2) is 47.3 Å². The third-order valence-electron chi connectivity index (χ3n) is 5.62. The third kappa shape index (κ3) is 5.03. The zero-order chi connectivity index (χ0) is 21.6. The van der Waals surface area contributed by atoms with Crippen LogP contribution in [0.3, 0.4) is 0 Å². The molecule has 7 nitrogen and oxygen atoms in total. The molecule has 1 aliphatic heterocycles. The van der Waals surface area contributed by atoms with Crippen molar-refractivity contribution in [3.8, 4) is 0 Å². The summed E-state index contributed by atoms with van der Waals surface area (Å²) >= 11 is 1.46. The number of carbonyl (C=O) groups is 2. The van der Waals surface area contributed by atoms with Gasteiger partial charge in [0.15, 0.2) is 0 Å². The van der Waals surface area contributed by atoms with Gasteiger partial charge in [-0.1, -0.05) is 42.5 Å². The summed E-state index contributed by atoms with van der Waals surface area (Å²) in [6.07, 6.45) is 1.58. The first-order valence-electron chi connectivity index (χ1n) is 10.6. The summed E-state index contributed by atoms with van der Waals surface area (Å²) in [5, 5.41) is 7.37. The summed E-state index contributed by atoms with van der Waals surface area (Å²) in [5.74, 6) is 0.497. The lowest BCUT2D eigenvalue weighted by Gasteiger charge is -2.33. The predicted molar refractivity (Wildman–Crippen MR) is 124 cm³/mol. The highest BCUT2D eigenvalue weighted by molar-refractivity contribution is 7.13. The molecule has 31 heavy (non-hydrogen) atoms. The lowest BCUT2D eigenvalue weighted by atomic mass is 9.96. The summed E-state index contributed by atoms with van der Waals surface area (Å²) < 4.78 is 5.57. The molecule has 1 aliphatic rings. The van der Waals surface area contributed by atoms with Gasteiger partial charge in [0.25, 0.3) is 0 Å². The number of benzene rings is 2. The lowest BCUT2D eigenvalue weighted by molar-refractivity contribution is -0.137. The maximum absolute atomic E-state index is 12.8. The van der Waals surface area contributed by atoms with Crippen molar-refractivity contribution in [2.45, 2.75) is 18.9 Å². The molecule has 4 rings (SSSR count). The Bertz CT molecular complexity index is 1040. The minimum absolute atomic E-state index is 0.0179. The first-order chi connectivity index (χ1) is 15.1. The average Bonchev–Trinajstić information content (AvgIpc) is 3.24. The van der Waals surface area contributed by atoms with Gasteiger partial charge in [-0.25, -0.2) is 0 Å². The maximum Gasteiger partial charge on any atom is 0.244 e. The number of hydrogen-bond acceptors (Lipinski definition) is 6. The predicted octanol–water partition coefficient (Wildman–Crippen LogP) is 2.76. The molecule has 1 aromatic heterocycles. The number of nitrogens with zero attached hydrogens (tertiary/aromatic N) is 2. The van der Waals surface area contributed by atoms with Gasteiger partial charge >= 0.3 is 0 Å². The maximum atomic E-state index is 12.8.